The van der Waals surface area contributed by atoms with E-state index in [1.165, 1.54) is 3.93 Å². The Hall–Kier alpha value is -1.10. The highest BCUT2D eigenvalue weighted by Gasteiger charge is 2.23. The van der Waals surface area contributed by atoms with E-state index in [1.54, 1.807) is 18.3 Å². The molecule has 2 heterocycles. The van der Waals surface area contributed by atoms with Crippen molar-refractivity contribution in [2.24, 2.45) is 0 Å². The quantitative estimate of drug-likeness (QED) is 0.626. The number of halogens is 1. The highest BCUT2D eigenvalue weighted by atomic mass is 79.9. The lowest BCUT2D eigenvalue weighted by Crippen LogP contribution is -2.31. The molecule has 2 rings (SSSR count). The van der Waals surface area contributed by atoms with Crippen LogP contribution in [0.15, 0.2) is 18.3 Å². The van der Waals surface area contributed by atoms with Crippen LogP contribution >= 0.6 is 16.1 Å². The molecule has 0 atom stereocenters. The second-order valence-electron chi connectivity index (χ2n) is 2.29. The molecule has 0 aromatic carbocycles. The molecule has 5 heteroatoms. The summed E-state index contributed by atoms with van der Waals surface area (Å²) in [6.07, 6.45) is 1.62. The minimum Gasteiger partial charge on any atom is -0.466 e. The number of ether oxygens (including phenoxy) is 1. The van der Waals surface area contributed by atoms with Crippen molar-refractivity contribution in [1.82, 2.24) is 4.98 Å². The fourth-order valence-corrected chi connectivity index (χ4v) is 1.34. The minimum atomic E-state index is -0.129. The van der Waals surface area contributed by atoms with E-state index < -0.39 is 0 Å². The van der Waals surface area contributed by atoms with Crippen molar-refractivity contribution in [3.8, 4) is 5.88 Å². The van der Waals surface area contributed by atoms with E-state index >= 15 is 0 Å². The zero-order chi connectivity index (χ0) is 8.55. The molecule has 62 valence electrons. The standard InChI is InChI=1S/C7H5BrN2O2/c8-10-5-2-1-3-9-7(5)12-4-6(10)11/h1-3H,4H2. The van der Waals surface area contributed by atoms with Gasteiger partial charge in [-0.2, -0.15) is 0 Å². The lowest BCUT2D eigenvalue weighted by Gasteiger charge is -2.21. The number of anilines is 1. The highest BCUT2D eigenvalue weighted by Crippen LogP contribution is 2.30. The maximum Gasteiger partial charge on any atom is 0.275 e. The number of pyridine rings is 1. The molecule has 1 aromatic heterocycles. The van der Waals surface area contributed by atoms with Crippen molar-refractivity contribution >= 4 is 27.7 Å². The van der Waals surface area contributed by atoms with Crippen molar-refractivity contribution < 1.29 is 9.53 Å². The van der Waals surface area contributed by atoms with Gasteiger partial charge in [0.15, 0.2) is 6.61 Å². The number of aromatic nitrogens is 1. The van der Waals surface area contributed by atoms with Crippen molar-refractivity contribution in [2.75, 3.05) is 10.5 Å². The van der Waals surface area contributed by atoms with Crippen LogP contribution < -0.4 is 8.66 Å². The van der Waals surface area contributed by atoms with Gasteiger partial charge in [0.05, 0.1) is 16.1 Å². The van der Waals surface area contributed by atoms with E-state index in [1.807, 2.05) is 0 Å². The molecule has 0 aliphatic carbocycles. The number of hydrogen-bond acceptors (Lipinski definition) is 3. The number of rotatable bonds is 0. The van der Waals surface area contributed by atoms with E-state index in [0.717, 1.165) is 0 Å². The molecule has 0 saturated heterocycles. The second kappa shape index (κ2) is 2.75. The number of amides is 1. The molecule has 1 aliphatic heterocycles. The van der Waals surface area contributed by atoms with E-state index in [4.69, 9.17) is 4.74 Å². The summed E-state index contributed by atoms with van der Waals surface area (Å²) in [5.41, 5.74) is 0.647. The molecule has 0 N–H and O–H groups in total. The lowest BCUT2D eigenvalue weighted by molar-refractivity contribution is -0.119. The first-order chi connectivity index (χ1) is 5.79. The summed E-state index contributed by atoms with van der Waals surface area (Å²) in [4.78, 5) is 15.0. The van der Waals surface area contributed by atoms with Crippen LogP contribution in [0.3, 0.4) is 0 Å². The third-order valence-electron chi connectivity index (χ3n) is 1.51. The summed E-state index contributed by atoms with van der Waals surface area (Å²) in [6.45, 7) is 0.0370. The molecule has 0 fully saturated rings. The van der Waals surface area contributed by atoms with Crippen LogP contribution in [0.1, 0.15) is 0 Å². The van der Waals surface area contributed by atoms with Crippen molar-refractivity contribution in [3.05, 3.63) is 18.3 Å². The molecule has 0 bridgehead atoms. The Morgan fingerprint density at radius 1 is 1.67 bits per heavy atom. The van der Waals surface area contributed by atoms with Crippen LogP contribution in [0.5, 0.6) is 5.88 Å². The normalized spacial score (nSPS) is 15.4. The smallest absolute Gasteiger partial charge is 0.275 e. The van der Waals surface area contributed by atoms with Gasteiger partial charge in [-0.25, -0.2) is 8.91 Å². The van der Waals surface area contributed by atoms with Gasteiger partial charge in [-0.1, -0.05) is 0 Å². The van der Waals surface area contributed by atoms with Crippen LogP contribution in [-0.2, 0) is 4.79 Å². The molecule has 1 aliphatic rings. The van der Waals surface area contributed by atoms with Crippen molar-refractivity contribution in [2.45, 2.75) is 0 Å². The van der Waals surface area contributed by atoms with Gasteiger partial charge in [0, 0.05) is 6.20 Å². The minimum absolute atomic E-state index is 0.0370. The van der Waals surface area contributed by atoms with Gasteiger partial charge in [0.2, 0.25) is 5.88 Å². The summed E-state index contributed by atoms with van der Waals surface area (Å²) >= 11 is 3.12. The van der Waals surface area contributed by atoms with E-state index in [2.05, 4.69) is 21.1 Å². The molecule has 0 spiro atoms. The first kappa shape index (κ1) is 7.54. The monoisotopic (exact) mass is 228 g/mol. The van der Waals surface area contributed by atoms with E-state index in [0.29, 0.717) is 11.6 Å². The van der Waals surface area contributed by atoms with Crippen molar-refractivity contribution in [3.63, 3.8) is 0 Å². The first-order valence-corrected chi connectivity index (χ1v) is 4.06. The number of nitrogens with zero attached hydrogens (tertiary/aromatic N) is 2. The van der Waals surface area contributed by atoms with Crippen LogP contribution in [0, 0.1) is 0 Å². The fraction of sp³-hybridized carbons (Fsp3) is 0.143. The van der Waals surface area contributed by atoms with E-state index in [-0.39, 0.29) is 12.5 Å². The fourth-order valence-electron chi connectivity index (χ4n) is 0.964. The molecule has 1 aromatic rings. The zero-order valence-corrected chi connectivity index (χ0v) is 7.61. The number of fused-ring (bicyclic) bond motifs is 1. The van der Waals surface area contributed by atoms with Gasteiger partial charge in [0.25, 0.3) is 5.91 Å². The Morgan fingerprint density at radius 3 is 3.33 bits per heavy atom. The molecular weight excluding hydrogens is 224 g/mol. The molecule has 12 heavy (non-hydrogen) atoms. The summed E-state index contributed by atoms with van der Waals surface area (Å²) < 4.78 is 6.43. The number of carbonyl (C=O) groups excluding carboxylic acids is 1. The Balaban J connectivity index is 2.48. The second-order valence-corrected chi connectivity index (χ2v) is 3.00. The largest absolute Gasteiger partial charge is 0.466 e. The van der Waals surface area contributed by atoms with Crippen LogP contribution in [0.4, 0.5) is 5.69 Å². The average molecular weight is 229 g/mol. The topological polar surface area (TPSA) is 42.4 Å². The third-order valence-corrected chi connectivity index (χ3v) is 2.29. The van der Waals surface area contributed by atoms with Gasteiger partial charge < -0.3 is 4.74 Å². The van der Waals surface area contributed by atoms with Crippen LogP contribution in [0.25, 0.3) is 0 Å². The first-order valence-electron chi connectivity index (χ1n) is 3.35. The number of carbonyl (C=O) groups is 1. The summed E-state index contributed by atoms with van der Waals surface area (Å²) in [7, 11) is 0. The highest BCUT2D eigenvalue weighted by molar-refractivity contribution is 9.10. The molecule has 4 nitrogen and oxygen atoms in total. The summed E-state index contributed by atoms with van der Waals surface area (Å²) in [5, 5.41) is 0. The van der Waals surface area contributed by atoms with Crippen LogP contribution in [0.2, 0.25) is 0 Å². The predicted molar refractivity (Wildman–Crippen MR) is 46.1 cm³/mol. The van der Waals surface area contributed by atoms with Gasteiger partial charge in [-0.15, -0.1) is 0 Å². The summed E-state index contributed by atoms with van der Waals surface area (Å²) in [5.74, 6) is 0.351. The Labute approximate surface area is 77.5 Å². The maximum atomic E-state index is 11.1. The molecule has 0 saturated carbocycles. The maximum absolute atomic E-state index is 11.1. The van der Waals surface area contributed by atoms with Gasteiger partial charge in [-0.3, -0.25) is 4.79 Å². The molecule has 1 amide bonds. The number of hydrogen-bond donors (Lipinski definition) is 0. The van der Waals surface area contributed by atoms with Crippen LogP contribution in [-0.4, -0.2) is 17.5 Å². The SMILES string of the molecule is O=C1COc2ncccc2N1Br. The van der Waals surface area contributed by atoms with E-state index in [9.17, 15) is 4.79 Å². The molecular formula is C7H5BrN2O2. The Kier molecular flexibility index (Phi) is 1.73. The average Bonchev–Trinajstić information content (AvgIpc) is 2.12. The van der Waals surface area contributed by atoms with Gasteiger partial charge in [-0.05, 0) is 12.1 Å². The van der Waals surface area contributed by atoms with Gasteiger partial charge >= 0.3 is 0 Å². The van der Waals surface area contributed by atoms with Gasteiger partial charge in [0.1, 0.15) is 5.69 Å². The molecule has 0 radical (unpaired) electrons. The summed E-state index contributed by atoms with van der Waals surface area (Å²) in [6, 6.07) is 3.50. The third kappa shape index (κ3) is 1.06. The lowest BCUT2D eigenvalue weighted by atomic mass is 10.3. The zero-order valence-electron chi connectivity index (χ0n) is 6.03. The Morgan fingerprint density at radius 2 is 2.50 bits per heavy atom. The predicted octanol–water partition coefficient (Wildman–Crippen LogP) is 1.12. The molecule has 0 unspecified atom stereocenters. The van der Waals surface area contributed by atoms with Crippen molar-refractivity contribution in [1.29, 1.82) is 0 Å². The Bertz CT molecular complexity index is 329.